The minimum Gasteiger partial charge on any atom is -0.480 e. The molecular weight excluding hydrogens is 268 g/mol. The van der Waals surface area contributed by atoms with Crippen LogP contribution >= 0.6 is 0 Å². The molecule has 0 spiro atoms. The molecule has 0 aromatic rings. The Labute approximate surface area is 128 Å². The van der Waals surface area contributed by atoms with Crippen LogP contribution in [0.15, 0.2) is 0 Å². The second kappa shape index (κ2) is 7.07. The number of nitrogens with one attached hydrogen (secondary N) is 1. The number of nitrogens with zero attached hydrogens (tertiary/aromatic N) is 1. The van der Waals surface area contributed by atoms with Crippen molar-refractivity contribution in [2.45, 2.75) is 76.7 Å². The number of morpholine rings is 1. The zero-order valence-corrected chi connectivity index (χ0v) is 13.6. The summed E-state index contributed by atoms with van der Waals surface area (Å²) in [6, 6.07) is 0.181. The molecule has 0 saturated carbocycles. The molecule has 0 amide bonds. The summed E-state index contributed by atoms with van der Waals surface area (Å²) in [5.74, 6) is -0.749. The lowest BCUT2D eigenvalue weighted by atomic mass is 9.94. The zero-order chi connectivity index (χ0) is 15.5. The fourth-order valence-electron chi connectivity index (χ4n) is 3.57. The number of rotatable bonds is 8. The number of carboxylic acids is 1. The third kappa shape index (κ3) is 4.66. The number of hydrogen-bond donors (Lipinski definition) is 2. The summed E-state index contributed by atoms with van der Waals surface area (Å²) >= 11 is 0. The van der Waals surface area contributed by atoms with Gasteiger partial charge in [-0.1, -0.05) is 0 Å². The highest BCUT2D eigenvalue weighted by molar-refractivity contribution is 5.78. The van der Waals surface area contributed by atoms with E-state index < -0.39 is 11.5 Å². The molecule has 0 aliphatic carbocycles. The molecule has 2 heterocycles. The standard InChI is InChI=1S/C16H30N2O3/c1-12(2)17-16(3,15(19)20)8-4-5-9-18-10-13-6-7-14(11-18)21-13/h12-14,17H,4-11H2,1-3H3,(H,19,20). The number of fused-ring (bicyclic) bond motifs is 2. The molecule has 0 aromatic heterocycles. The predicted octanol–water partition coefficient (Wildman–Crippen LogP) is 1.86. The first-order valence-electron chi connectivity index (χ1n) is 8.28. The van der Waals surface area contributed by atoms with Crippen molar-refractivity contribution in [3.63, 3.8) is 0 Å². The van der Waals surface area contributed by atoms with Crippen LogP contribution in [0.5, 0.6) is 0 Å². The van der Waals surface area contributed by atoms with Crippen LogP contribution in [0.4, 0.5) is 0 Å². The highest BCUT2D eigenvalue weighted by Gasteiger charge is 2.34. The quantitative estimate of drug-likeness (QED) is 0.670. The number of carboxylic acid groups (broad SMARTS) is 1. The maximum absolute atomic E-state index is 11.5. The largest absolute Gasteiger partial charge is 0.480 e. The van der Waals surface area contributed by atoms with Gasteiger partial charge in [-0.25, -0.2) is 0 Å². The number of ether oxygens (including phenoxy) is 1. The van der Waals surface area contributed by atoms with Crippen molar-refractivity contribution >= 4 is 5.97 Å². The topological polar surface area (TPSA) is 61.8 Å². The lowest BCUT2D eigenvalue weighted by Crippen LogP contribution is -2.52. The predicted molar refractivity (Wildman–Crippen MR) is 82.5 cm³/mol. The molecule has 5 heteroatoms. The van der Waals surface area contributed by atoms with E-state index in [4.69, 9.17) is 4.74 Å². The van der Waals surface area contributed by atoms with Gasteiger partial charge in [-0.3, -0.25) is 15.0 Å². The fourth-order valence-corrected chi connectivity index (χ4v) is 3.57. The van der Waals surface area contributed by atoms with Gasteiger partial charge in [-0.2, -0.15) is 0 Å². The summed E-state index contributed by atoms with van der Waals surface area (Å²) in [5, 5.41) is 12.6. The number of likely N-dealkylation sites (tertiary alicyclic amines) is 1. The van der Waals surface area contributed by atoms with Crippen molar-refractivity contribution in [1.29, 1.82) is 0 Å². The van der Waals surface area contributed by atoms with Crippen LogP contribution in [0.2, 0.25) is 0 Å². The van der Waals surface area contributed by atoms with Gasteiger partial charge in [-0.05, 0) is 59.4 Å². The van der Waals surface area contributed by atoms with Crippen molar-refractivity contribution in [2.75, 3.05) is 19.6 Å². The highest BCUT2D eigenvalue weighted by atomic mass is 16.5. The number of aliphatic carboxylic acids is 1. The molecule has 0 aromatic carbocycles. The smallest absolute Gasteiger partial charge is 0.323 e. The van der Waals surface area contributed by atoms with Crippen LogP contribution in [0.3, 0.4) is 0 Å². The molecule has 2 bridgehead atoms. The molecule has 122 valence electrons. The van der Waals surface area contributed by atoms with Crippen molar-refractivity contribution < 1.29 is 14.6 Å². The normalized spacial score (nSPS) is 28.8. The zero-order valence-electron chi connectivity index (χ0n) is 13.6. The van der Waals surface area contributed by atoms with Crippen LogP contribution in [-0.4, -0.2) is 59.4 Å². The van der Waals surface area contributed by atoms with E-state index in [1.54, 1.807) is 6.92 Å². The van der Waals surface area contributed by atoms with E-state index >= 15 is 0 Å². The molecule has 3 unspecified atom stereocenters. The summed E-state index contributed by atoms with van der Waals surface area (Å²) in [6.07, 6.45) is 5.97. The van der Waals surface area contributed by atoms with Gasteiger partial charge in [0.05, 0.1) is 12.2 Å². The van der Waals surface area contributed by atoms with Crippen LogP contribution < -0.4 is 5.32 Å². The molecule has 0 radical (unpaired) electrons. The van der Waals surface area contributed by atoms with Gasteiger partial charge in [0, 0.05) is 19.1 Å². The lowest BCUT2D eigenvalue weighted by Gasteiger charge is -2.32. The molecule has 2 N–H and O–H groups in total. The Morgan fingerprint density at radius 3 is 2.48 bits per heavy atom. The van der Waals surface area contributed by atoms with E-state index in [9.17, 15) is 9.90 Å². The SMILES string of the molecule is CC(C)NC(C)(CCCCN1CC2CCC(C1)O2)C(=O)O. The maximum atomic E-state index is 11.5. The van der Waals surface area contributed by atoms with Crippen LogP contribution in [0, 0.1) is 0 Å². The molecule has 2 saturated heterocycles. The second-order valence-electron chi connectivity index (χ2n) is 7.11. The van der Waals surface area contributed by atoms with Gasteiger partial charge >= 0.3 is 5.97 Å². The lowest BCUT2D eigenvalue weighted by molar-refractivity contribution is -0.144. The monoisotopic (exact) mass is 298 g/mol. The summed E-state index contributed by atoms with van der Waals surface area (Å²) in [7, 11) is 0. The Bertz CT molecular complexity index is 349. The van der Waals surface area contributed by atoms with E-state index in [-0.39, 0.29) is 6.04 Å². The van der Waals surface area contributed by atoms with Crippen LogP contribution in [-0.2, 0) is 9.53 Å². The maximum Gasteiger partial charge on any atom is 0.323 e. The average Bonchev–Trinajstić information content (AvgIpc) is 2.73. The molecule has 3 atom stereocenters. The Morgan fingerprint density at radius 2 is 1.95 bits per heavy atom. The summed E-state index contributed by atoms with van der Waals surface area (Å²) in [5.41, 5.74) is -0.807. The van der Waals surface area contributed by atoms with Crippen molar-refractivity contribution in [3.05, 3.63) is 0 Å². The molecular formula is C16H30N2O3. The van der Waals surface area contributed by atoms with E-state index in [2.05, 4.69) is 10.2 Å². The molecule has 2 rings (SSSR count). The number of hydrogen-bond acceptors (Lipinski definition) is 4. The average molecular weight is 298 g/mol. The van der Waals surface area contributed by atoms with Gasteiger partial charge in [-0.15, -0.1) is 0 Å². The molecule has 5 nitrogen and oxygen atoms in total. The number of carbonyl (C=O) groups is 1. The number of unbranched alkanes of at least 4 members (excludes halogenated alkanes) is 1. The minimum absolute atomic E-state index is 0.181. The minimum atomic E-state index is -0.807. The third-order valence-electron chi connectivity index (χ3n) is 4.60. The van der Waals surface area contributed by atoms with Crippen molar-refractivity contribution in [1.82, 2.24) is 10.2 Å². The molecule has 21 heavy (non-hydrogen) atoms. The first-order valence-corrected chi connectivity index (χ1v) is 8.28. The second-order valence-corrected chi connectivity index (χ2v) is 7.11. The highest BCUT2D eigenvalue weighted by Crippen LogP contribution is 2.26. The van der Waals surface area contributed by atoms with E-state index in [0.717, 1.165) is 32.5 Å². The first kappa shape index (κ1) is 16.7. The van der Waals surface area contributed by atoms with Crippen LogP contribution in [0.25, 0.3) is 0 Å². The van der Waals surface area contributed by atoms with Gasteiger partial charge in [0.2, 0.25) is 0 Å². The Hall–Kier alpha value is -0.650. The molecule has 2 aliphatic heterocycles. The van der Waals surface area contributed by atoms with Gasteiger partial charge in [0.1, 0.15) is 5.54 Å². The Kier molecular flexibility index (Phi) is 5.63. The van der Waals surface area contributed by atoms with E-state index in [1.807, 2.05) is 13.8 Å². The Balaban J connectivity index is 1.69. The van der Waals surface area contributed by atoms with Gasteiger partial charge in [0.15, 0.2) is 0 Å². The summed E-state index contributed by atoms with van der Waals surface area (Å²) < 4.78 is 5.83. The molecule has 2 aliphatic rings. The Morgan fingerprint density at radius 1 is 1.33 bits per heavy atom. The van der Waals surface area contributed by atoms with Crippen LogP contribution in [0.1, 0.15) is 52.9 Å². The fraction of sp³-hybridized carbons (Fsp3) is 0.938. The van der Waals surface area contributed by atoms with E-state index in [0.29, 0.717) is 18.6 Å². The third-order valence-corrected chi connectivity index (χ3v) is 4.60. The van der Waals surface area contributed by atoms with Gasteiger partial charge in [0.25, 0.3) is 0 Å². The summed E-state index contributed by atoms with van der Waals surface area (Å²) in [4.78, 5) is 13.9. The van der Waals surface area contributed by atoms with Crippen molar-refractivity contribution in [3.8, 4) is 0 Å². The first-order chi connectivity index (χ1) is 9.89. The van der Waals surface area contributed by atoms with Gasteiger partial charge < -0.3 is 9.84 Å². The molecule has 2 fully saturated rings. The van der Waals surface area contributed by atoms with Crippen molar-refractivity contribution in [2.24, 2.45) is 0 Å². The summed E-state index contributed by atoms with van der Waals surface area (Å²) in [6.45, 7) is 8.95. The van der Waals surface area contributed by atoms with E-state index in [1.165, 1.54) is 12.8 Å².